The van der Waals surface area contributed by atoms with Gasteiger partial charge in [0, 0.05) is 18.2 Å². The number of aromatic nitrogens is 2. The number of methoxy groups -OCH3 is 2. The number of nitrogens with zero attached hydrogens (tertiary/aromatic N) is 2. The predicted octanol–water partition coefficient (Wildman–Crippen LogP) is 3.29. The maximum absolute atomic E-state index is 13.5. The van der Waals surface area contributed by atoms with Gasteiger partial charge in [0.05, 0.1) is 55.9 Å². The Bertz CT molecular complexity index is 1370. The van der Waals surface area contributed by atoms with E-state index in [1.165, 1.54) is 37.0 Å². The van der Waals surface area contributed by atoms with E-state index in [9.17, 15) is 14.4 Å². The molecule has 2 aromatic carbocycles. The Morgan fingerprint density at radius 2 is 1.83 bits per heavy atom. The van der Waals surface area contributed by atoms with Crippen LogP contribution in [0.3, 0.4) is 0 Å². The molecule has 1 aromatic heterocycles. The fourth-order valence-corrected chi connectivity index (χ4v) is 4.47. The Hall–Kier alpha value is -3.30. The van der Waals surface area contributed by atoms with Gasteiger partial charge in [0.1, 0.15) is 5.75 Å². The normalized spacial score (nSPS) is 15.4. The van der Waals surface area contributed by atoms with Crippen molar-refractivity contribution in [2.24, 2.45) is 0 Å². The molecule has 186 valence electrons. The first-order valence-electron chi connectivity index (χ1n) is 11.3. The van der Waals surface area contributed by atoms with E-state index < -0.39 is 11.2 Å². The zero-order chi connectivity index (χ0) is 25.1. The number of halogens is 1. The maximum Gasteiger partial charge on any atom is 0.331 e. The second-order valence-corrected chi connectivity index (χ2v) is 8.55. The Morgan fingerprint density at radius 3 is 2.46 bits per heavy atom. The smallest absolute Gasteiger partial charge is 0.331 e. The van der Waals surface area contributed by atoms with Crippen LogP contribution in [-0.2, 0) is 17.8 Å². The molecule has 0 aliphatic carbocycles. The second-order valence-electron chi connectivity index (χ2n) is 8.15. The highest BCUT2D eigenvalue weighted by molar-refractivity contribution is 6.32. The van der Waals surface area contributed by atoms with Crippen molar-refractivity contribution < 1.29 is 23.7 Å². The first kappa shape index (κ1) is 24.8. The minimum Gasteiger partial charge on any atom is -0.493 e. The zero-order valence-electron chi connectivity index (χ0n) is 19.8. The fraction of sp³-hybridized carbons (Fsp3) is 0.400. The molecule has 0 amide bonds. The standard InChI is InChI=1S/C25H27ClN2O7/c1-4-34-21-8-7-15(10-18(21)26)20(29)14-27-19-12-23(33-3)22(32-2)11-17(19)24(30)28(25(27)31)13-16-6-5-9-35-16/h7-8,10-12,16H,4-6,9,13-14H2,1-3H3. The number of fused-ring (bicyclic) bond motifs is 1. The summed E-state index contributed by atoms with van der Waals surface area (Å²) >= 11 is 6.26. The summed E-state index contributed by atoms with van der Waals surface area (Å²) in [5.41, 5.74) is -0.493. The quantitative estimate of drug-likeness (QED) is 0.414. The molecule has 9 nitrogen and oxygen atoms in total. The van der Waals surface area contributed by atoms with Crippen LogP contribution in [-0.4, -0.2) is 48.5 Å². The summed E-state index contributed by atoms with van der Waals surface area (Å²) in [4.78, 5) is 40.1. The van der Waals surface area contributed by atoms with Crippen LogP contribution in [0.4, 0.5) is 0 Å². The Morgan fingerprint density at radius 1 is 1.09 bits per heavy atom. The number of ether oxygens (including phenoxy) is 4. The third kappa shape index (κ3) is 4.92. The number of benzene rings is 2. The van der Waals surface area contributed by atoms with Crippen molar-refractivity contribution in [3.63, 3.8) is 0 Å². The van der Waals surface area contributed by atoms with Crippen molar-refractivity contribution in [1.82, 2.24) is 9.13 Å². The second kappa shape index (κ2) is 10.5. The summed E-state index contributed by atoms with van der Waals surface area (Å²) in [6.07, 6.45) is 1.37. The summed E-state index contributed by atoms with van der Waals surface area (Å²) < 4.78 is 24.2. The summed E-state index contributed by atoms with van der Waals surface area (Å²) in [5.74, 6) is 0.794. The highest BCUT2D eigenvalue weighted by atomic mass is 35.5. The third-order valence-electron chi connectivity index (χ3n) is 6.00. The van der Waals surface area contributed by atoms with E-state index >= 15 is 0 Å². The molecule has 4 rings (SSSR count). The summed E-state index contributed by atoms with van der Waals surface area (Å²) in [6, 6.07) is 7.78. The molecule has 2 heterocycles. The average Bonchev–Trinajstić information content (AvgIpc) is 3.38. The number of hydrogen-bond acceptors (Lipinski definition) is 7. The van der Waals surface area contributed by atoms with Crippen LogP contribution in [0.15, 0.2) is 39.9 Å². The molecule has 1 atom stereocenters. The molecule has 0 N–H and O–H groups in total. The highest BCUT2D eigenvalue weighted by Gasteiger charge is 2.23. The molecule has 0 bridgehead atoms. The maximum atomic E-state index is 13.5. The summed E-state index contributed by atoms with van der Waals surface area (Å²) in [5, 5.41) is 0.530. The van der Waals surface area contributed by atoms with Gasteiger partial charge in [-0.3, -0.25) is 18.7 Å². The molecule has 1 fully saturated rings. The van der Waals surface area contributed by atoms with Gasteiger partial charge in [-0.2, -0.15) is 0 Å². The van der Waals surface area contributed by atoms with Crippen molar-refractivity contribution in [1.29, 1.82) is 0 Å². The van der Waals surface area contributed by atoms with Gasteiger partial charge in [0.25, 0.3) is 5.56 Å². The lowest BCUT2D eigenvalue weighted by Crippen LogP contribution is -2.43. The average molecular weight is 503 g/mol. The van der Waals surface area contributed by atoms with Crippen molar-refractivity contribution in [2.75, 3.05) is 27.4 Å². The molecule has 1 saturated heterocycles. The lowest BCUT2D eigenvalue weighted by molar-refractivity contribution is 0.0939. The lowest BCUT2D eigenvalue weighted by atomic mass is 10.1. The monoisotopic (exact) mass is 502 g/mol. The number of carbonyl (C=O) groups excluding carboxylic acids is 1. The first-order valence-corrected chi connectivity index (χ1v) is 11.7. The molecule has 1 aliphatic rings. The molecular weight excluding hydrogens is 476 g/mol. The van der Waals surface area contributed by atoms with Gasteiger partial charge >= 0.3 is 5.69 Å². The van der Waals surface area contributed by atoms with E-state index in [-0.39, 0.29) is 35.9 Å². The van der Waals surface area contributed by atoms with Gasteiger partial charge in [0.2, 0.25) is 0 Å². The van der Waals surface area contributed by atoms with Crippen molar-refractivity contribution >= 4 is 28.3 Å². The van der Waals surface area contributed by atoms with E-state index in [4.69, 9.17) is 30.5 Å². The molecule has 1 aliphatic heterocycles. The Labute approximate surface area is 206 Å². The SMILES string of the molecule is CCOc1ccc(C(=O)Cn2c(=O)n(CC3CCCO3)c(=O)c3cc(OC)c(OC)cc32)cc1Cl. The minimum absolute atomic E-state index is 0.102. The summed E-state index contributed by atoms with van der Waals surface area (Å²) in [7, 11) is 2.92. The highest BCUT2D eigenvalue weighted by Crippen LogP contribution is 2.31. The van der Waals surface area contributed by atoms with E-state index in [1.807, 2.05) is 6.92 Å². The van der Waals surface area contributed by atoms with Gasteiger partial charge in [0.15, 0.2) is 17.3 Å². The lowest BCUT2D eigenvalue weighted by Gasteiger charge is -2.18. The van der Waals surface area contributed by atoms with E-state index in [2.05, 4.69) is 0 Å². The Kier molecular flexibility index (Phi) is 7.47. The van der Waals surface area contributed by atoms with Crippen LogP contribution in [0.5, 0.6) is 17.2 Å². The first-order chi connectivity index (χ1) is 16.9. The number of rotatable bonds is 9. The molecule has 35 heavy (non-hydrogen) atoms. The predicted molar refractivity (Wildman–Crippen MR) is 131 cm³/mol. The summed E-state index contributed by atoms with van der Waals surface area (Å²) in [6.45, 7) is 2.66. The van der Waals surface area contributed by atoms with Gasteiger partial charge < -0.3 is 18.9 Å². The van der Waals surface area contributed by atoms with Crippen LogP contribution in [0.1, 0.15) is 30.1 Å². The molecule has 1 unspecified atom stereocenters. The van der Waals surface area contributed by atoms with Crippen LogP contribution < -0.4 is 25.5 Å². The topological polar surface area (TPSA) is 98.0 Å². The molecule has 3 aromatic rings. The number of carbonyl (C=O) groups is 1. The van der Waals surface area contributed by atoms with E-state index in [0.717, 1.165) is 17.4 Å². The molecular formula is C25H27ClN2O7. The van der Waals surface area contributed by atoms with Crippen LogP contribution in [0.25, 0.3) is 10.9 Å². The fourth-order valence-electron chi connectivity index (χ4n) is 4.23. The van der Waals surface area contributed by atoms with Crippen LogP contribution in [0.2, 0.25) is 5.02 Å². The molecule has 0 radical (unpaired) electrons. The largest absolute Gasteiger partial charge is 0.493 e. The van der Waals surface area contributed by atoms with Crippen LogP contribution in [0, 0.1) is 0 Å². The van der Waals surface area contributed by atoms with Gasteiger partial charge in [-0.25, -0.2) is 4.79 Å². The Balaban J connectivity index is 1.84. The van der Waals surface area contributed by atoms with Gasteiger partial charge in [-0.05, 0) is 44.0 Å². The number of ketones is 1. The third-order valence-corrected chi connectivity index (χ3v) is 6.29. The van der Waals surface area contributed by atoms with Crippen LogP contribution >= 0.6 is 11.6 Å². The molecule has 10 heteroatoms. The molecule has 0 saturated carbocycles. The number of Topliss-reactive ketones (excluding diaryl/α,β-unsaturated/α-hetero) is 1. The van der Waals surface area contributed by atoms with Crippen molar-refractivity contribution in [2.45, 2.75) is 39.0 Å². The number of hydrogen-bond donors (Lipinski definition) is 0. The van der Waals surface area contributed by atoms with E-state index in [1.54, 1.807) is 12.1 Å². The minimum atomic E-state index is -0.601. The zero-order valence-corrected chi connectivity index (χ0v) is 20.6. The van der Waals surface area contributed by atoms with Crippen molar-refractivity contribution in [3.05, 3.63) is 61.8 Å². The van der Waals surface area contributed by atoms with Gasteiger partial charge in [-0.15, -0.1) is 0 Å². The van der Waals surface area contributed by atoms with Crippen molar-refractivity contribution in [3.8, 4) is 17.2 Å². The molecule has 0 spiro atoms. The van der Waals surface area contributed by atoms with Gasteiger partial charge in [-0.1, -0.05) is 11.6 Å². The van der Waals surface area contributed by atoms with E-state index in [0.29, 0.717) is 41.0 Å².